The van der Waals surface area contributed by atoms with Crippen LogP contribution in [0.2, 0.25) is 0 Å². The largest absolute Gasteiger partial charge is 0.329 e. The van der Waals surface area contributed by atoms with E-state index in [1.54, 1.807) is 28.3 Å². The van der Waals surface area contributed by atoms with Crippen LogP contribution in [0.5, 0.6) is 0 Å². The minimum Gasteiger partial charge on any atom is -0.329 e. The number of rotatable bonds is 1. The zero-order valence-electron chi connectivity index (χ0n) is 9.37. The molecule has 1 aromatic rings. The second-order valence-electron chi connectivity index (χ2n) is 4.38. The Morgan fingerprint density at radius 3 is 3.00 bits per heavy atom. The van der Waals surface area contributed by atoms with Crippen LogP contribution in [0.15, 0.2) is 24.5 Å². The molecular weight excluding hydrogens is 218 g/mol. The average Bonchev–Trinajstić information content (AvgIpc) is 2.85. The highest BCUT2D eigenvalue weighted by Gasteiger charge is 2.42. The molecule has 2 amide bonds. The molecule has 1 unspecified atom stereocenters. The molecule has 0 spiro atoms. The first-order valence-electron chi connectivity index (χ1n) is 5.78. The Hall–Kier alpha value is -1.91. The van der Waals surface area contributed by atoms with Crippen molar-refractivity contribution in [3.8, 4) is 0 Å². The standard InChI is InChI=1S/C12H13N3O2/c16-11-8-15(9-3-1-5-13-7-9)12(17)10-4-2-6-14(10)11/h1,3,5,7,10H,2,4,6,8H2. The van der Waals surface area contributed by atoms with E-state index >= 15 is 0 Å². The summed E-state index contributed by atoms with van der Waals surface area (Å²) in [7, 11) is 0. The first-order valence-corrected chi connectivity index (χ1v) is 5.78. The monoisotopic (exact) mass is 231 g/mol. The molecule has 2 aliphatic heterocycles. The quantitative estimate of drug-likeness (QED) is 0.704. The van der Waals surface area contributed by atoms with Crippen molar-refractivity contribution in [2.75, 3.05) is 18.0 Å². The van der Waals surface area contributed by atoms with Gasteiger partial charge in [0.2, 0.25) is 11.8 Å². The second-order valence-corrected chi connectivity index (χ2v) is 4.38. The Kier molecular flexibility index (Phi) is 2.31. The van der Waals surface area contributed by atoms with Crippen LogP contribution in [0.25, 0.3) is 0 Å². The van der Waals surface area contributed by atoms with Crippen LogP contribution in [0.1, 0.15) is 12.8 Å². The van der Waals surface area contributed by atoms with Crippen LogP contribution in [-0.4, -0.2) is 40.8 Å². The molecule has 1 atom stereocenters. The first-order chi connectivity index (χ1) is 8.27. The third-order valence-corrected chi connectivity index (χ3v) is 3.38. The van der Waals surface area contributed by atoms with Crippen molar-refractivity contribution in [1.29, 1.82) is 0 Å². The highest BCUT2D eigenvalue weighted by Crippen LogP contribution is 2.26. The minimum atomic E-state index is -0.253. The Bertz CT molecular complexity index is 460. The molecule has 0 aromatic carbocycles. The third-order valence-electron chi connectivity index (χ3n) is 3.38. The van der Waals surface area contributed by atoms with Gasteiger partial charge in [0.1, 0.15) is 12.6 Å². The molecule has 0 N–H and O–H groups in total. The number of anilines is 1. The number of hydrogen-bond donors (Lipinski definition) is 0. The van der Waals surface area contributed by atoms with Crippen LogP contribution in [0.4, 0.5) is 5.69 Å². The minimum absolute atomic E-state index is 0.0232. The number of amides is 2. The van der Waals surface area contributed by atoms with Gasteiger partial charge in [0.25, 0.3) is 0 Å². The van der Waals surface area contributed by atoms with Gasteiger partial charge in [-0.3, -0.25) is 19.5 Å². The zero-order valence-corrected chi connectivity index (χ0v) is 9.37. The molecular formula is C12H13N3O2. The lowest BCUT2D eigenvalue weighted by Gasteiger charge is -2.36. The number of aromatic nitrogens is 1. The van der Waals surface area contributed by atoms with E-state index in [-0.39, 0.29) is 24.4 Å². The van der Waals surface area contributed by atoms with Crippen molar-refractivity contribution >= 4 is 17.5 Å². The van der Waals surface area contributed by atoms with Gasteiger partial charge in [0.15, 0.2) is 0 Å². The lowest BCUT2D eigenvalue weighted by atomic mass is 10.1. The van der Waals surface area contributed by atoms with Crippen molar-refractivity contribution in [2.24, 2.45) is 0 Å². The summed E-state index contributed by atoms with van der Waals surface area (Å²) in [5, 5.41) is 0. The topological polar surface area (TPSA) is 53.5 Å². The normalized spacial score (nSPS) is 24.1. The second kappa shape index (κ2) is 3.84. The SMILES string of the molecule is O=C1C2CCCN2C(=O)CN1c1cccnc1. The Morgan fingerprint density at radius 2 is 2.24 bits per heavy atom. The van der Waals surface area contributed by atoms with Gasteiger partial charge in [-0.1, -0.05) is 0 Å². The van der Waals surface area contributed by atoms with Crippen molar-refractivity contribution < 1.29 is 9.59 Å². The van der Waals surface area contributed by atoms with Crippen molar-refractivity contribution in [1.82, 2.24) is 9.88 Å². The number of hydrogen-bond acceptors (Lipinski definition) is 3. The van der Waals surface area contributed by atoms with Crippen LogP contribution in [0.3, 0.4) is 0 Å². The van der Waals surface area contributed by atoms with E-state index in [1.807, 2.05) is 6.07 Å². The van der Waals surface area contributed by atoms with Gasteiger partial charge >= 0.3 is 0 Å². The van der Waals surface area contributed by atoms with E-state index in [4.69, 9.17) is 0 Å². The number of piperazine rings is 1. The molecule has 3 rings (SSSR count). The summed E-state index contributed by atoms with van der Waals surface area (Å²) in [6.07, 6.45) is 4.97. The Balaban J connectivity index is 1.92. The van der Waals surface area contributed by atoms with E-state index in [9.17, 15) is 9.59 Å². The van der Waals surface area contributed by atoms with Crippen LogP contribution >= 0.6 is 0 Å². The summed E-state index contributed by atoms with van der Waals surface area (Å²) in [6, 6.07) is 3.33. The number of nitrogens with zero attached hydrogens (tertiary/aromatic N) is 3. The van der Waals surface area contributed by atoms with E-state index in [0.29, 0.717) is 5.69 Å². The van der Waals surface area contributed by atoms with E-state index < -0.39 is 0 Å². The number of pyridine rings is 1. The predicted octanol–water partition coefficient (Wildman–Crippen LogP) is 0.419. The molecule has 3 heterocycles. The molecule has 0 bridgehead atoms. The third kappa shape index (κ3) is 1.58. The number of fused-ring (bicyclic) bond motifs is 1. The number of carbonyl (C=O) groups excluding carboxylic acids is 2. The zero-order chi connectivity index (χ0) is 11.8. The fourth-order valence-corrected chi connectivity index (χ4v) is 2.54. The lowest BCUT2D eigenvalue weighted by molar-refractivity contribution is -0.140. The average molecular weight is 231 g/mol. The van der Waals surface area contributed by atoms with Crippen LogP contribution in [0, 0.1) is 0 Å². The molecule has 17 heavy (non-hydrogen) atoms. The lowest BCUT2D eigenvalue weighted by Crippen LogP contribution is -2.57. The van der Waals surface area contributed by atoms with Gasteiger partial charge in [-0.05, 0) is 25.0 Å². The van der Waals surface area contributed by atoms with Crippen LogP contribution in [-0.2, 0) is 9.59 Å². The predicted molar refractivity (Wildman–Crippen MR) is 61.3 cm³/mol. The van der Waals surface area contributed by atoms with Gasteiger partial charge in [-0.2, -0.15) is 0 Å². The molecule has 0 aliphatic carbocycles. The molecule has 0 radical (unpaired) electrons. The summed E-state index contributed by atoms with van der Waals surface area (Å²) in [4.78, 5) is 31.4. The number of carbonyl (C=O) groups is 2. The van der Waals surface area contributed by atoms with E-state index in [1.165, 1.54) is 0 Å². The summed E-state index contributed by atoms with van der Waals surface area (Å²) in [6.45, 7) is 0.858. The molecule has 5 heteroatoms. The maximum absolute atomic E-state index is 12.3. The van der Waals surface area contributed by atoms with Crippen molar-refractivity contribution in [3.05, 3.63) is 24.5 Å². The Morgan fingerprint density at radius 1 is 1.35 bits per heavy atom. The van der Waals surface area contributed by atoms with Gasteiger partial charge < -0.3 is 4.90 Å². The maximum Gasteiger partial charge on any atom is 0.250 e. The molecule has 0 saturated carbocycles. The van der Waals surface area contributed by atoms with Gasteiger partial charge in [-0.25, -0.2) is 0 Å². The van der Waals surface area contributed by atoms with Crippen molar-refractivity contribution in [3.63, 3.8) is 0 Å². The van der Waals surface area contributed by atoms with Gasteiger partial charge in [0.05, 0.1) is 11.9 Å². The van der Waals surface area contributed by atoms with Gasteiger partial charge in [-0.15, -0.1) is 0 Å². The van der Waals surface area contributed by atoms with Crippen molar-refractivity contribution in [2.45, 2.75) is 18.9 Å². The molecule has 1 aromatic heterocycles. The van der Waals surface area contributed by atoms with Crippen LogP contribution < -0.4 is 4.90 Å². The maximum atomic E-state index is 12.3. The van der Waals surface area contributed by atoms with E-state index in [2.05, 4.69) is 4.98 Å². The molecule has 2 aliphatic rings. The fraction of sp³-hybridized carbons (Fsp3) is 0.417. The molecule has 88 valence electrons. The molecule has 5 nitrogen and oxygen atoms in total. The fourth-order valence-electron chi connectivity index (χ4n) is 2.54. The summed E-state index contributed by atoms with van der Waals surface area (Å²) in [5.41, 5.74) is 0.706. The summed E-state index contributed by atoms with van der Waals surface area (Å²) < 4.78 is 0. The first kappa shape index (κ1) is 10.3. The van der Waals surface area contributed by atoms with E-state index in [0.717, 1.165) is 19.4 Å². The highest BCUT2D eigenvalue weighted by atomic mass is 16.2. The molecule has 2 saturated heterocycles. The molecule has 2 fully saturated rings. The summed E-state index contributed by atoms with van der Waals surface area (Å²) in [5.74, 6) is 0.0612. The summed E-state index contributed by atoms with van der Waals surface area (Å²) >= 11 is 0. The Labute approximate surface area is 99.0 Å². The smallest absolute Gasteiger partial charge is 0.250 e. The highest BCUT2D eigenvalue weighted by molar-refractivity contribution is 6.06. The van der Waals surface area contributed by atoms with Gasteiger partial charge in [0, 0.05) is 12.7 Å².